The smallest absolute Gasteiger partial charge is 0.222 e. The maximum absolute atomic E-state index is 12.6. The number of amides is 1. The predicted octanol–water partition coefficient (Wildman–Crippen LogP) is 5.36. The van der Waals surface area contributed by atoms with E-state index in [1.165, 1.54) is 0 Å². The number of aryl methyl sites for hydroxylation is 2. The summed E-state index contributed by atoms with van der Waals surface area (Å²) in [6.07, 6.45) is 2.41. The van der Waals surface area contributed by atoms with E-state index in [0.29, 0.717) is 36.0 Å². The number of hydrogen-bond donors (Lipinski definition) is 0. The number of rotatable bonds is 5. The molecule has 0 unspecified atom stereocenters. The Kier molecular flexibility index (Phi) is 6.56. The second-order valence-electron chi connectivity index (χ2n) is 7.10. The third-order valence-corrected chi connectivity index (χ3v) is 6.05. The Hall–Kier alpha value is -1.84. The number of likely N-dealkylation sites (tertiary alicyclic amines) is 1. The SMILES string of the molecule is Cc1ccc(C(=O)C2CCN(C(=O)CCc3cccc(Cl)c3Cl)CC2)cc1. The van der Waals surface area contributed by atoms with E-state index in [1.54, 1.807) is 6.07 Å². The predicted molar refractivity (Wildman–Crippen MR) is 110 cm³/mol. The van der Waals surface area contributed by atoms with Crippen molar-refractivity contribution in [3.8, 4) is 0 Å². The highest BCUT2D eigenvalue weighted by Gasteiger charge is 2.27. The Bertz CT molecular complexity index is 825. The molecule has 0 N–H and O–H groups in total. The Morgan fingerprint density at radius 2 is 1.70 bits per heavy atom. The van der Waals surface area contributed by atoms with Crippen LogP contribution in [0.4, 0.5) is 0 Å². The lowest BCUT2D eigenvalue weighted by atomic mass is 9.88. The van der Waals surface area contributed by atoms with Gasteiger partial charge in [0.2, 0.25) is 5.91 Å². The van der Waals surface area contributed by atoms with E-state index in [2.05, 4.69) is 0 Å². The number of carbonyl (C=O) groups excluding carboxylic acids is 2. The van der Waals surface area contributed by atoms with Crippen LogP contribution in [0.3, 0.4) is 0 Å². The summed E-state index contributed by atoms with van der Waals surface area (Å²) < 4.78 is 0. The number of benzene rings is 2. The molecule has 1 aliphatic heterocycles. The highest BCUT2D eigenvalue weighted by atomic mass is 35.5. The van der Waals surface area contributed by atoms with Crippen molar-refractivity contribution in [1.29, 1.82) is 0 Å². The lowest BCUT2D eigenvalue weighted by molar-refractivity contribution is -0.132. The zero-order valence-corrected chi connectivity index (χ0v) is 16.9. The Morgan fingerprint density at radius 3 is 2.37 bits per heavy atom. The molecular weight excluding hydrogens is 381 g/mol. The minimum absolute atomic E-state index is 0.000805. The van der Waals surface area contributed by atoms with Gasteiger partial charge in [-0.05, 0) is 37.8 Å². The van der Waals surface area contributed by atoms with Crippen molar-refractivity contribution in [2.24, 2.45) is 5.92 Å². The normalized spacial score (nSPS) is 15.0. The van der Waals surface area contributed by atoms with E-state index in [4.69, 9.17) is 23.2 Å². The molecule has 3 rings (SSSR count). The first-order valence-corrected chi connectivity index (χ1v) is 10.0. The van der Waals surface area contributed by atoms with Gasteiger partial charge in [-0.2, -0.15) is 0 Å². The molecule has 1 amide bonds. The van der Waals surface area contributed by atoms with Crippen molar-refractivity contribution in [3.05, 3.63) is 69.2 Å². The van der Waals surface area contributed by atoms with Crippen molar-refractivity contribution in [3.63, 3.8) is 0 Å². The summed E-state index contributed by atoms with van der Waals surface area (Å²) in [5.41, 5.74) is 2.80. The van der Waals surface area contributed by atoms with Crippen LogP contribution in [0.1, 0.15) is 40.7 Å². The van der Waals surface area contributed by atoms with Gasteiger partial charge >= 0.3 is 0 Å². The molecule has 0 aliphatic carbocycles. The molecule has 5 heteroatoms. The molecule has 0 bridgehead atoms. The molecule has 27 heavy (non-hydrogen) atoms. The molecule has 0 radical (unpaired) electrons. The minimum Gasteiger partial charge on any atom is -0.343 e. The number of carbonyl (C=O) groups is 2. The summed E-state index contributed by atoms with van der Waals surface area (Å²) in [4.78, 5) is 27.0. The lowest BCUT2D eigenvalue weighted by Crippen LogP contribution is -2.40. The van der Waals surface area contributed by atoms with E-state index in [-0.39, 0.29) is 17.6 Å². The Balaban J connectivity index is 1.51. The molecular formula is C22H23Cl2NO2. The van der Waals surface area contributed by atoms with Gasteiger partial charge in [0.15, 0.2) is 5.78 Å². The summed E-state index contributed by atoms with van der Waals surface area (Å²) in [5.74, 6) is 0.291. The number of nitrogens with zero attached hydrogens (tertiary/aromatic N) is 1. The fraction of sp³-hybridized carbons (Fsp3) is 0.364. The quantitative estimate of drug-likeness (QED) is 0.630. The first-order valence-electron chi connectivity index (χ1n) is 9.27. The van der Waals surface area contributed by atoms with Crippen LogP contribution in [0, 0.1) is 12.8 Å². The third kappa shape index (κ3) is 4.91. The molecule has 142 valence electrons. The molecule has 1 saturated heterocycles. The van der Waals surface area contributed by atoms with Crippen molar-refractivity contribution in [1.82, 2.24) is 4.90 Å². The van der Waals surface area contributed by atoms with Gasteiger partial charge in [0.1, 0.15) is 0 Å². The van der Waals surface area contributed by atoms with Crippen molar-refractivity contribution >= 4 is 34.9 Å². The van der Waals surface area contributed by atoms with Gasteiger partial charge in [-0.1, -0.05) is 65.2 Å². The summed E-state index contributed by atoms with van der Waals surface area (Å²) in [5, 5.41) is 1.03. The largest absolute Gasteiger partial charge is 0.343 e. The number of hydrogen-bond acceptors (Lipinski definition) is 2. The Morgan fingerprint density at radius 1 is 1.04 bits per heavy atom. The maximum Gasteiger partial charge on any atom is 0.222 e. The Labute approximate surface area is 170 Å². The highest BCUT2D eigenvalue weighted by Crippen LogP contribution is 2.27. The van der Waals surface area contributed by atoms with Gasteiger partial charge in [0.05, 0.1) is 10.0 Å². The average Bonchev–Trinajstić information content (AvgIpc) is 2.69. The first kappa shape index (κ1) is 19.9. The monoisotopic (exact) mass is 403 g/mol. The zero-order valence-electron chi connectivity index (χ0n) is 15.4. The summed E-state index contributed by atoms with van der Waals surface area (Å²) in [6, 6.07) is 13.2. The van der Waals surface area contributed by atoms with Crippen LogP contribution in [0.2, 0.25) is 10.0 Å². The minimum atomic E-state index is -0.000805. The van der Waals surface area contributed by atoms with Gasteiger partial charge in [-0.15, -0.1) is 0 Å². The molecule has 1 fully saturated rings. The van der Waals surface area contributed by atoms with Gasteiger partial charge < -0.3 is 4.90 Å². The van der Waals surface area contributed by atoms with Crippen LogP contribution in [0.15, 0.2) is 42.5 Å². The third-order valence-electron chi connectivity index (χ3n) is 5.19. The van der Waals surface area contributed by atoms with E-state index in [9.17, 15) is 9.59 Å². The van der Waals surface area contributed by atoms with Crippen molar-refractivity contribution in [2.75, 3.05) is 13.1 Å². The second-order valence-corrected chi connectivity index (χ2v) is 7.88. The summed E-state index contributed by atoms with van der Waals surface area (Å²) in [7, 11) is 0. The van der Waals surface area contributed by atoms with E-state index in [1.807, 2.05) is 48.2 Å². The highest BCUT2D eigenvalue weighted by molar-refractivity contribution is 6.42. The van der Waals surface area contributed by atoms with Crippen LogP contribution in [0.25, 0.3) is 0 Å². The van der Waals surface area contributed by atoms with Crippen LogP contribution < -0.4 is 0 Å². The van der Waals surface area contributed by atoms with Crippen LogP contribution in [0.5, 0.6) is 0 Å². The van der Waals surface area contributed by atoms with Crippen LogP contribution in [-0.4, -0.2) is 29.7 Å². The van der Waals surface area contributed by atoms with Gasteiger partial charge in [-0.25, -0.2) is 0 Å². The molecule has 0 spiro atoms. The number of piperidine rings is 1. The van der Waals surface area contributed by atoms with Crippen molar-refractivity contribution < 1.29 is 9.59 Å². The number of ketones is 1. The fourth-order valence-corrected chi connectivity index (χ4v) is 3.90. The standard InChI is InChI=1S/C22H23Cl2NO2/c1-15-5-7-17(8-6-15)22(27)18-11-13-25(14-12-18)20(26)10-9-16-3-2-4-19(23)21(16)24/h2-8,18H,9-14H2,1H3. The number of Topliss-reactive ketones (excluding diaryl/α,β-unsaturated/α-hetero) is 1. The average molecular weight is 404 g/mol. The van der Waals surface area contributed by atoms with Gasteiger partial charge in [0, 0.05) is 31.0 Å². The topological polar surface area (TPSA) is 37.4 Å². The summed E-state index contributed by atoms with van der Waals surface area (Å²) >= 11 is 12.2. The zero-order chi connectivity index (χ0) is 19.4. The van der Waals surface area contributed by atoms with Gasteiger partial charge in [-0.3, -0.25) is 9.59 Å². The second kappa shape index (κ2) is 8.90. The molecule has 0 atom stereocenters. The molecule has 2 aromatic rings. The lowest BCUT2D eigenvalue weighted by Gasteiger charge is -2.31. The van der Waals surface area contributed by atoms with Crippen molar-refractivity contribution in [2.45, 2.75) is 32.6 Å². The molecule has 0 saturated carbocycles. The number of halogens is 2. The molecule has 0 aromatic heterocycles. The molecule has 1 aliphatic rings. The molecule has 3 nitrogen and oxygen atoms in total. The van der Waals surface area contributed by atoms with Crippen LogP contribution >= 0.6 is 23.2 Å². The fourth-order valence-electron chi connectivity index (χ4n) is 3.49. The van der Waals surface area contributed by atoms with E-state index in [0.717, 1.165) is 29.5 Å². The van der Waals surface area contributed by atoms with Crippen LogP contribution in [-0.2, 0) is 11.2 Å². The van der Waals surface area contributed by atoms with E-state index < -0.39 is 0 Å². The first-order chi connectivity index (χ1) is 13.0. The van der Waals surface area contributed by atoms with Gasteiger partial charge in [0.25, 0.3) is 0 Å². The molecule has 2 aromatic carbocycles. The van der Waals surface area contributed by atoms with E-state index >= 15 is 0 Å². The maximum atomic E-state index is 12.6. The summed E-state index contributed by atoms with van der Waals surface area (Å²) in [6.45, 7) is 3.27. The molecule has 1 heterocycles.